The Bertz CT molecular complexity index is 816. The Morgan fingerprint density at radius 1 is 1.03 bits per heavy atom. The highest BCUT2D eigenvalue weighted by molar-refractivity contribution is 7.87. The highest BCUT2D eigenvalue weighted by Gasteiger charge is 2.29. The van der Waals surface area contributed by atoms with Gasteiger partial charge in [-0.05, 0) is 25.7 Å². The summed E-state index contributed by atoms with van der Waals surface area (Å²) in [5.74, 6) is 2.55. The van der Waals surface area contributed by atoms with Gasteiger partial charge in [0.05, 0.1) is 18.9 Å². The zero-order valence-electron chi connectivity index (χ0n) is 17.6. The number of ether oxygens (including phenoxy) is 1. The molecule has 0 bridgehead atoms. The van der Waals surface area contributed by atoms with Crippen LogP contribution in [0.3, 0.4) is 0 Å². The molecule has 0 amide bonds. The number of piperidine rings is 1. The molecule has 0 atom stereocenters. The van der Waals surface area contributed by atoms with Gasteiger partial charge in [0, 0.05) is 57.5 Å². The minimum Gasteiger partial charge on any atom is -0.381 e. The molecule has 3 aliphatic rings. The Morgan fingerprint density at radius 3 is 2.41 bits per heavy atom. The third-order valence-corrected chi connectivity index (χ3v) is 7.97. The molecule has 1 saturated heterocycles. The molecule has 2 aliphatic heterocycles. The van der Waals surface area contributed by atoms with Crippen LogP contribution in [0.2, 0.25) is 0 Å². The fraction of sp³-hybridized carbons (Fsp3) is 0.800. The van der Waals surface area contributed by atoms with Crippen LogP contribution in [-0.2, 0) is 27.8 Å². The summed E-state index contributed by atoms with van der Waals surface area (Å²) in [6, 6.07) is -0.0308. The maximum Gasteiger partial charge on any atom is 0.279 e. The van der Waals surface area contributed by atoms with Gasteiger partial charge in [-0.15, -0.1) is 0 Å². The third-order valence-electron chi connectivity index (χ3n) is 6.38. The van der Waals surface area contributed by atoms with Crippen molar-refractivity contribution in [2.45, 2.75) is 63.3 Å². The van der Waals surface area contributed by atoms with E-state index >= 15 is 0 Å². The molecule has 9 heteroatoms. The highest BCUT2D eigenvalue weighted by atomic mass is 32.2. The topological polar surface area (TPSA) is 87.7 Å². The second kappa shape index (κ2) is 8.83. The Morgan fingerprint density at radius 2 is 1.72 bits per heavy atom. The summed E-state index contributed by atoms with van der Waals surface area (Å²) in [5.41, 5.74) is 2.39. The molecule has 1 aliphatic carbocycles. The first-order valence-electron chi connectivity index (χ1n) is 10.9. The fourth-order valence-corrected chi connectivity index (χ4v) is 5.46. The number of fused-ring (bicyclic) bond motifs is 1. The van der Waals surface area contributed by atoms with Crippen molar-refractivity contribution in [3.63, 3.8) is 0 Å². The van der Waals surface area contributed by atoms with E-state index in [0.29, 0.717) is 12.5 Å². The van der Waals surface area contributed by atoms with E-state index in [1.165, 1.54) is 35.6 Å². The molecular weight excluding hydrogens is 390 g/mol. The van der Waals surface area contributed by atoms with Gasteiger partial charge in [0.25, 0.3) is 10.2 Å². The van der Waals surface area contributed by atoms with Crippen molar-refractivity contribution in [2.75, 3.05) is 45.3 Å². The van der Waals surface area contributed by atoms with Gasteiger partial charge in [-0.1, -0.05) is 12.8 Å². The maximum absolute atomic E-state index is 12.1. The first-order valence-corrected chi connectivity index (χ1v) is 12.3. The summed E-state index contributed by atoms with van der Waals surface area (Å²) in [7, 11) is -0.283. The monoisotopic (exact) mass is 423 g/mol. The van der Waals surface area contributed by atoms with Crippen molar-refractivity contribution in [2.24, 2.45) is 0 Å². The molecule has 1 saturated carbocycles. The molecule has 0 aromatic carbocycles. The molecule has 8 nitrogen and oxygen atoms in total. The first-order chi connectivity index (χ1) is 13.9. The predicted molar refractivity (Wildman–Crippen MR) is 112 cm³/mol. The van der Waals surface area contributed by atoms with E-state index < -0.39 is 10.2 Å². The SMILES string of the molecule is CN(C)S(=O)(=O)NC1CCN(c2nc(C3CCCC3)nc3c2CCOCC3)CC1. The minimum atomic E-state index is -3.39. The quantitative estimate of drug-likeness (QED) is 0.774. The van der Waals surface area contributed by atoms with Crippen LogP contribution in [0.25, 0.3) is 0 Å². The van der Waals surface area contributed by atoms with Crippen molar-refractivity contribution >= 4 is 16.0 Å². The van der Waals surface area contributed by atoms with Crippen LogP contribution in [0.1, 0.15) is 61.5 Å². The van der Waals surface area contributed by atoms with E-state index in [1.54, 1.807) is 14.1 Å². The molecule has 29 heavy (non-hydrogen) atoms. The van der Waals surface area contributed by atoms with Gasteiger partial charge >= 0.3 is 0 Å². The van der Waals surface area contributed by atoms with Crippen molar-refractivity contribution in [1.29, 1.82) is 0 Å². The van der Waals surface area contributed by atoms with Gasteiger partial charge in [-0.3, -0.25) is 0 Å². The molecule has 0 spiro atoms. The molecule has 1 N–H and O–H groups in total. The minimum absolute atomic E-state index is 0.0308. The number of nitrogens with zero attached hydrogens (tertiary/aromatic N) is 4. The lowest BCUT2D eigenvalue weighted by atomic mass is 10.0. The van der Waals surface area contributed by atoms with Gasteiger partial charge in [0.2, 0.25) is 0 Å². The van der Waals surface area contributed by atoms with E-state index in [1.807, 2.05) is 0 Å². The zero-order chi connectivity index (χ0) is 20.4. The molecule has 1 aromatic heterocycles. The number of nitrogens with one attached hydrogen (secondary N) is 1. The predicted octanol–water partition coefficient (Wildman–Crippen LogP) is 1.61. The lowest BCUT2D eigenvalue weighted by molar-refractivity contribution is 0.146. The van der Waals surface area contributed by atoms with Crippen LogP contribution in [0, 0.1) is 0 Å². The van der Waals surface area contributed by atoms with Gasteiger partial charge in [-0.25, -0.2) is 9.97 Å². The fourth-order valence-electron chi connectivity index (χ4n) is 4.60. The highest BCUT2D eigenvalue weighted by Crippen LogP contribution is 2.35. The van der Waals surface area contributed by atoms with Crippen LogP contribution in [0.5, 0.6) is 0 Å². The molecule has 2 fully saturated rings. The van der Waals surface area contributed by atoms with Crippen LogP contribution >= 0.6 is 0 Å². The average molecular weight is 424 g/mol. The number of rotatable bonds is 5. The standard InChI is InChI=1S/C20H33N5O3S/c1-24(2)29(26,27)23-16-7-11-25(12-8-16)20-17-9-13-28-14-10-18(17)21-19(22-20)15-5-3-4-6-15/h15-16,23H,3-14H2,1-2H3. The number of hydrogen-bond acceptors (Lipinski definition) is 6. The van der Waals surface area contributed by atoms with Gasteiger partial charge in [0.1, 0.15) is 11.6 Å². The molecule has 1 aromatic rings. The zero-order valence-corrected chi connectivity index (χ0v) is 18.4. The first kappa shape index (κ1) is 21.0. The molecule has 0 unspecified atom stereocenters. The molecule has 162 valence electrons. The summed E-state index contributed by atoms with van der Waals surface area (Å²) in [6.45, 7) is 3.04. The molecule has 4 rings (SSSR count). The Balaban J connectivity index is 1.54. The van der Waals surface area contributed by atoms with Crippen LogP contribution in [0.15, 0.2) is 0 Å². The van der Waals surface area contributed by atoms with E-state index in [-0.39, 0.29) is 6.04 Å². The van der Waals surface area contributed by atoms with Crippen LogP contribution < -0.4 is 9.62 Å². The smallest absolute Gasteiger partial charge is 0.279 e. The number of aromatic nitrogens is 2. The second-order valence-electron chi connectivity index (χ2n) is 8.59. The van der Waals surface area contributed by atoms with Crippen LogP contribution in [-0.4, -0.2) is 69.1 Å². The van der Waals surface area contributed by atoms with Gasteiger partial charge in [0.15, 0.2) is 0 Å². The van der Waals surface area contributed by atoms with E-state index in [0.717, 1.165) is 62.7 Å². The van der Waals surface area contributed by atoms with Crippen LogP contribution in [0.4, 0.5) is 5.82 Å². The Hall–Kier alpha value is -1.29. The summed E-state index contributed by atoms with van der Waals surface area (Å²) in [6.07, 6.45) is 8.16. The largest absolute Gasteiger partial charge is 0.381 e. The van der Waals surface area contributed by atoms with Crippen molar-refractivity contribution in [3.05, 3.63) is 17.1 Å². The summed E-state index contributed by atoms with van der Waals surface area (Å²) in [4.78, 5) is 12.4. The Labute approximate surface area is 174 Å². The Kier molecular flexibility index (Phi) is 6.38. The lowest BCUT2D eigenvalue weighted by Gasteiger charge is -2.35. The van der Waals surface area contributed by atoms with E-state index in [2.05, 4.69) is 9.62 Å². The summed E-state index contributed by atoms with van der Waals surface area (Å²) in [5, 5.41) is 0. The maximum atomic E-state index is 12.1. The molecular formula is C20H33N5O3S. The van der Waals surface area contributed by atoms with Gasteiger partial charge < -0.3 is 9.64 Å². The van der Waals surface area contributed by atoms with Gasteiger partial charge in [-0.2, -0.15) is 17.4 Å². The summed E-state index contributed by atoms with van der Waals surface area (Å²) >= 11 is 0. The van der Waals surface area contributed by atoms with Crippen molar-refractivity contribution < 1.29 is 13.2 Å². The van der Waals surface area contributed by atoms with Crippen molar-refractivity contribution in [1.82, 2.24) is 19.0 Å². The van der Waals surface area contributed by atoms with Crippen molar-refractivity contribution in [3.8, 4) is 0 Å². The number of anilines is 1. The molecule has 3 heterocycles. The second-order valence-corrected chi connectivity index (χ2v) is 10.5. The molecule has 0 radical (unpaired) electrons. The third kappa shape index (κ3) is 4.73. The van der Waals surface area contributed by atoms with E-state index in [9.17, 15) is 8.42 Å². The average Bonchev–Trinajstić information content (AvgIpc) is 3.13. The summed E-state index contributed by atoms with van der Waals surface area (Å²) < 4.78 is 34.0. The normalized spacial score (nSPS) is 22.1. The van der Waals surface area contributed by atoms with E-state index in [4.69, 9.17) is 14.7 Å². The number of hydrogen-bond donors (Lipinski definition) is 1. The lowest BCUT2D eigenvalue weighted by Crippen LogP contribution is -2.48.